The molecule has 1 aliphatic heterocycles. The fraction of sp³-hybridized carbons (Fsp3) is 0.421. The fourth-order valence-corrected chi connectivity index (χ4v) is 2.43. The molecule has 2 rings (SSSR count). The van der Waals surface area contributed by atoms with Crippen molar-refractivity contribution in [1.29, 1.82) is 0 Å². The molecule has 0 spiro atoms. The maximum absolute atomic E-state index is 10.5. The van der Waals surface area contributed by atoms with Crippen LogP contribution in [0.4, 0.5) is 0 Å². The molecule has 0 saturated heterocycles. The monoisotopic (exact) mass is 350 g/mol. The number of carbonyl (C=O) groups is 1. The van der Waals surface area contributed by atoms with Crippen LogP contribution in [-0.4, -0.2) is 18.6 Å². The highest BCUT2D eigenvalue weighted by atomic mass is 35.5. The molecule has 0 saturated carbocycles. The van der Waals surface area contributed by atoms with E-state index in [1.165, 1.54) is 18.9 Å². The molecule has 1 aromatic carbocycles. The van der Waals surface area contributed by atoms with Crippen molar-refractivity contribution in [1.82, 2.24) is 0 Å². The van der Waals surface area contributed by atoms with Gasteiger partial charge in [-0.3, -0.25) is 4.79 Å². The fourth-order valence-electron chi connectivity index (χ4n) is 2.36. The average Bonchev–Trinajstić information content (AvgIpc) is 3.03. The molecule has 0 fully saturated rings. The zero-order valence-electron chi connectivity index (χ0n) is 13.7. The lowest BCUT2D eigenvalue weighted by atomic mass is 10.1. The lowest BCUT2D eigenvalue weighted by Crippen LogP contribution is -1.97. The van der Waals surface area contributed by atoms with Gasteiger partial charge in [-0.1, -0.05) is 37.5 Å². The Balaban J connectivity index is 1.45. The van der Waals surface area contributed by atoms with Gasteiger partial charge in [-0.15, -0.1) is 0 Å². The van der Waals surface area contributed by atoms with E-state index < -0.39 is 5.24 Å². The third-order valence-corrected chi connectivity index (χ3v) is 3.73. The van der Waals surface area contributed by atoms with Gasteiger partial charge in [0.05, 0.1) is 6.61 Å². The summed E-state index contributed by atoms with van der Waals surface area (Å²) >= 11 is 5.18. The molecule has 0 radical (unpaired) electrons. The van der Waals surface area contributed by atoms with Gasteiger partial charge >= 0.3 is 0 Å². The van der Waals surface area contributed by atoms with Crippen LogP contribution in [0.5, 0.6) is 17.2 Å². The average molecular weight is 351 g/mol. The Morgan fingerprint density at radius 3 is 2.75 bits per heavy atom. The van der Waals surface area contributed by atoms with Crippen molar-refractivity contribution in [3.63, 3.8) is 0 Å². The largest absolute Gasteiger partial charge is 0.493 e. The molecule has 4 nitrogen and oxygen atoms in total. The Morgan fingerprint density at radius 1 is 1.08 bits per heavy atom. The van der Waals surface area contributed by atoms with Gasteiger partial charge in [0.15, 0.2) is 11.5 Å². The smallest absolute Gasteiger partial charge is 0.245 e. The van der Waals surface area contributed by atoms with Gasteiger partial charge in [-0.25, -0.2) is 0 Å². The normalized spacial score (nSPS) is 13.0. The SMILES string of the molecule is O=C(Cl)/C=C/C=C/CCCCCCCOc1ccc2c(c1)OCO2. The Labute approximate surface area is 148 Å². The molecule has 1 aromatic rings. The Bertz CT molecular complexity index is 581. The molecule has 0 unspecified atom stereocenters. The van der Waals surface area contributed by atoms with Crippen molar-refractivity contribution in [2.75, 3.05) is 13.4 Å². The molecule has 0 aromatic heterocycles. The van der Waals surface area contributed by atoms with Gasteiger partial charge in [0.1, 0.15) is 5.75 Å². The number of unbranched alkanes of at least 4 members (excludes halogenated alkanes) is 5. The molecule has 1 heterocycles. The van der Waals surface area contributed by atoms with Crippen molar-refractivity contribution >= 4 is 16.8 Å². The molecule has 1 aliphatic rings. The summed E-state index contributed by atoms with van der Waals surface area (Å²) in [6, 6.07) is 5.66. The first-order chi connectivity index (χ1) is 11.8. The predicted octanol–water partition coefficient (Wildman–Crippen LogP) is 5.01. The summed E-state index contributed by atoms with van der Waals surface area (Å²) in [5, 5.41) is -0.442. The Hall–Kier alpha value is -1.94. The van der Waals surface area contributed by atoms with E-state index in [0.29, 0.717) is 0 Å². The Kier molecular flexibility index (Phi) is 8.25. The second kappa shape index (κ2) is 10.8. The molecular weight excluding hydrogens is 328 g/mol. The second-order valence-electron chi connectivity index (χ2n) is 5.51. The molecule has 5 heteroatoms. The van der Waals surface area contributed by atoms with Crippen LogP contribution in [-0.2, 0) is 4.79 Å². The molecule has 0 N–H and O–H groups in total. The van der Waals surface area contributed by atoms with E-state index in [1.54, 1.807) is 6.08 Å². The number of hydrogen-bond acceptors (Lipinski definition) is 4. The zero-order chi connectivity index (χ0) is 17.0. The van der Waals surface area contributed by atoms with Crippen molar-refractivity contribution in [3.8, 4) is 17.2 Å². The third kappa shape index (κ3) is 7.09. The summed E-state index contributed by atoms with van der Waals surface area (Å²) in [7, 11) is 0. The summed E-state index contributed by atoms with van der Waals surface area (Å²) in [5.41, 5.74) is 0. The zero-order valence-corrected chi connectivity index (χ0v) is 14.5. The number of rotatable bonds is 11. The molecule has 0 amide bonds. The first-order valence-electron chi connectivity index (χ1n) is 8.31. The second-order valence-corrected chi connectivity index (χ2v) is 5.88. The maximum atomic E-state index is 10.5. The molecule has 24 heavy (non-hydrogen) atoms. The van der Waals surface area contributed by atoms with Crippen molar-refractivity contribution in [2.45, 2.75) is 38.5 Å². The number of carbonyl (C=O) groups excluding carboxylic acids is 1. The molecule has 0 atom stereocenters. The van der Waals surface area contributed by atoms with E-state index in [2.05, 4.69) is 6.08 Å². The molecule has 130 valence electrons. The standard InChI is InChI=1S/C19H23ClO4/c20-19(21)10-8-6-4-2-1-3-5-7-9-13-22-16-11-12-17-18(14-16)24-15-23-17/h4,6,8,10-12,14H,1-3,5,7,9,13,15H2/b6-4+,10-8+. The highest BCUT2D eigenvalue weighted by Crippen LogP contribution is 2.35. The lowest BCUT2D eigenvalue weighted by Gasteiger charge is -2.06. The lowest BCUT2D eigenvalue weighted by molar-refractivity contribution is -0.107. The van der Waals surface area contributed by atoms with E-state index in [0.717, 1.165) is 49.5 Å². The maximum Gasteiger partial charge on any atom is 0.245 e. The Morgan fingerprint density at radius 2 is 1.88 bits per heavy atom. The van der Waals surface area contributed by atoms with Gasteiger partial charge in [0, 0.05) is 6.07 Å². The van der Waals surface area contributed by atoms with Crippen LogP contribution >= 0.6 is 11.6 Å². The van der Waals surface area contributed by atoms with Crippen molar-refractivity contribution in [3.05, 3.63) is 42.5 Å². The quantitative estimate of drug-likeness (QED) is 0.243. The molecule has 0 aliphatic carbocycles. The van der Waals surface area contributed by atoms with Crippen LogP contribution in [0.2, 0.25) is 0 Å². The number of halogens is 1. The van der Waals surface area contributed by atoms with E-state index in [1.807, 2.05) is 24.3 Å². The van der Waals surface area contributed by atoms with Crippen LogP contribution in [0, 0.1) is 0 Å². The third-order valence-electron chi connectivity index (χ3n) is 3.60. The van der Waals surface area contributed by atoms with Crippen LogP contribution in [0.1, 0.15) is 38.5 Å². The van der Waals surface area contributed by atoms with E-state index in [-0.39, 0.29) is 6.79 Å². The van der Waals surface area contributed by atoms with Gasteiger partial charge < -0.3 is 14.2 Å². The summed E-state index contributed by atoms with van der Waals surface area (Å²) in [6.45, 7) is 1.01. The molecule has 0 bridgehead atoms. The summed E-state index contributed by atoms with van der Waals surface area (Å²) in [6.07, 6.45) is 13.7. The molecular formula is C19H23ClO4. The number of allylic oxidation sites excluding steroid dienone is 4. The summed E-state index contributed by atoms with van der Waals surface area (Å²) in [5.74, 6) is 2.36. The minimum absolute atomic E-state index is 0.287. The first kappa shape index (κ1) is 18.4. The highest BCUT2D eigenvalue weighted by Gasteiger charge is 2.13. The predicted molar refractivity (Wildman–Crippen MR) is 94.9 cm³/mol. The minimum Gasteiger partial charge on any atom is -0.493 e. The summed E-state index contributed by atoms with van der Waals surface area (Å²) < 4.78 is 16.3. The number of ether oxygens (including phenoxy) is 3. The van der Waals surface area contributed by atoms with Crippen LogP contribution < -0.4 is 14.2 Å². The number of benzene rings is 1. The van der Waals surface area contributed by atoms with E-state index in [4.69, 9.17) is 25.8 Å². The summed E-state index contributed by atoms with van der Waals surface area (Å²) in [4.78, 5) is 10.5. The van der Waals surface area contributed by atoms with Crippen LogP contribution in [0.3, 0.4) is 0 Å². The van der Waals surface area contributed by atoms with Gasteiger partial charge in [-0.2, -0.15) is 0 Å². The van der Waals surface area contributed by atoms with Crippen molar-refractivity contribution < 1.29 is 19.0 Å². The van der Waals surface area contributed by atoms with E-state index in [9.17, 15) is 4.79 Å². The van der Waals surface area contributed by atoms with Crippen LogP contribution in [0.15, 0.2) is 42.5 Å². The van der Waals surface area contributed by atoms with Crippen molar-refractivity contribution in [2.24, 2.45) is 0 Å². The highest BCUT2D eigenvalue weighted by molar-refractivity contribution is 6.66. The van der Waals surface area contributed by atoms with E-state index >= 15 is 0 Å². The number of hydrogen-bond donors (Lipinski definition) is 0. The van der Waals surface area contributed by atoms with Crippen LogP contribution in [0.25, 0.3) is 0 Å². The van der Waals surface area contributed by atoms with Gasteiger partial charge in [-0.05, 0) is 49.1 Å². The first-order valence-corrected chi connectivity index (χ1v) is 8.68. The number of fused-ring (bicyclic) bond motifs is 1. The minimum atomic E-state index is -0.442. The van der Waals surface area contributed by atoms with Gasteiger partial charge in [0.25, 0.3) is 0 Å². The van der Waals surface area contributed by atoms with Gasteiger partial charge in [0.2, 0.25) is 12.0 Å². The topological polar surface area (TPSA) is 44.8 Å².